The minimum Gasteiger partial charge on any atom is -0.394 e. The van der Waals surface area contributed by atoms with E-state index in [4.69, 9.17) is 14.6 Å². The molecule has 6 heteroatoms. The highest BCUT2D eigenvalue weighted by molar-refractivity contribution is 4.88. The molecule has 1 saturated heterocycles. The molecule has 0 saturated carbocycles. The van der Waals surface area contributed by atoms with E-state index in [1.807, 2.05) is 0 Å². The maximum atomic E-state index is 9.28. The molecule has 0 radical (unpaired) electrons. The fraction of sp³-hybridized carbons (Fsp3) is 1.00. The van der Waals surface area contributed by atoms with Gasteiger partial charge in [0.1, 0.15) is 24.4 Å². The third kappa shape index (κ3) is 1.98. The van der Waals surface area contributed by atoms with Crippen LogP contribution in [-0.4, -0.2) is 64.8 Å². The van der Waals surface area contributed by atoms with Gasteiger partial charge in [0.15, 0.2) is 6.29 Å². The van der Waals surface area contributed by atoms with Crippen molar-refractivity contribution in [3.8, 4) is 0 Å². The molecule has 13 heavy (non-hydrogen) atoms. The summed E-state index contributed by atoms with van der Waals surface area (Å²) in [5, 5.41) is 36.6. The third-order valence-electron chi connectivity index (χ3n) is 2.08. The second-order valence-electron chi connectivity index (χ2n) is 2.93. The van der Waals surface area contributed by atoms with Crippen molar-refractivity contribution < 1.29 is 29.9 Å². The summed E-state index contributed by atoms with van der Waals surface area (Å²) in [4.78, 5) is 0. The van der Waals surface area contributed by atoms with E-state index in [0.717, 1.165) is 0 Å². The minimum absolute atomic E-state index is 0.440. The van der Waals surface area contributed by atoms with Gasteiger partial charge in [-0.25, -0.2) is 0 Å². The predicted molar refractivity (Wildman–Crippen MR) is 40.8 cm³/mol. The first kappa shape index (κ1) is 10.8. The Morgan fingerprint density at radius 2 is 1.77 bits per heavy atom. The zero-order valence-electron chi connectivity index (χ0n) is 7.20. The van der Waals surface area contributed by atoms with Crippen molar-refractivity contribution in [3.63, 3.8) is 0 Å². The van der Waals surface area contributed by atoms with Gasteiger partial charge in [-0.3, -0.25) is 0 Å². The van der Waals surface area contributed by atoms with Crippen molar-refractivity contribution in [2.75, 3.05) is 13.7 Å². The van der Waals surface area contributed by atoms with Gasteiger partial charge in [-0.1, -0.05) is 0 Å². The average Bonchev–Trinajstić information content (AvgIpc) is 2.15. The van der Waals surface area contributed by atoms with Crippen molar-refractivity contribution in [2.24, 2.45) is 0 Å². The Morgan fingerprint density at radius 3 is 2.23 bits per heavy atom. The van der Waals surface area contributed by atoms with Crippen LogP contribution in [0.2, 0.25) is 0 Å². The summed E-state index contributed by atoms with van der Waals surface area (Å²) in [6, 6.07) is 0. The third-order valence-corrected chi connectivity index (χ3v) is 2.08. The second-order valence-corrected chi connectivity index (χ2v) is 2.93. The van der Waals surface area contributed by atoms with Gasteiger partial charge >= 0.3 is 0 Å². The lowest BCUT2D eigenvalue weighted by molar-refractivity contribution is -0.294. The number of aliphatic hydroxyl groups is 4. The molecule has 0 bridgehead atoms. The van der Waals surface area contributed by atoms with E-state index in [2.05, 4.69) is 0 Å². The van der Waals surface area contributed by atoms with Gasteiger partial charge in [0.2, 0.25) is 0 Å². The van der Waals surface area contributed by atoms with Crippen LogP contribution >= 0.6 is 0 Å². The molecular weight excluding hydrogens is 180 g/mol. The first-order valence-corrected chi connectivity index (χ1v) is 3.95. The van der Waals surface area contributed by atoms with Crippen molar-refractivity contribution >= 4 is 0 Å². The normalized spacial score (nSPS) is 46.4. The Morgan fingerprint density at radius 1 is 1.15 bits per heavy atom. The summed E-state index contributed by atoms with van der Waals surface area (Å²) in [6.07, 6.45) is -5.91. The fourth-order valence-electron chi connectivity index (χ4n) is 1.26. The molecule has 0 aromatic heterocycles. The maximum absolute atomic E-state index is 9.28. The Labute approximate surface area is 75.3 Å². The van der Waals surface area contributed by atoms with Crippen LogP contribution in [0, 0.1) is 0 Å². The molecule has 6 nitrogen and oxygen atoms in total. The monoisotopic (exact) mass is 194 g/mol. The number of ether oxygens (including phenoxy) is 2. The summed E-state index contributed by atoms with van der Waals surface area (Å²) in [7, 11) is 1.30. The molecule has 1 fully saturated rings. The maximum Gasteiger partial charge on any atom is 0.186 e. The van der Waals surface area contributed by atoms with Gasteiger partial charge in [0.05, 0.1) is 6.61 Å². The van der Waals surface area contributed by atoms with E-state index in [-0.39, 0.29) is 0 Å². The number of hydrogen-bond donors (Lipinski definition) is 4. The van der Waals surface area contributed by atoms with Crippen LogP contribution in [0.1, 0.15) is 0 Å². The van der Waals surface area contributed by atoms with Crippen molar-refractivity contribution in [2.45, 2.75) is 30.7 Å². The van der Waals surface area contributed by atoms with Crippen LogP contribution < -0.4 is 0 Å². The Hall–Kier alpha value is -0.240. The number of methoxy groups -OCH3 is 1. The molecule has 0 spiro atoms. The van der Waals surface area contributed by atoms with E-state index in [9.17, 15) is 15.3 Å². The summed E-state index contributed by atoms with van der Waals surface area (Å²) in [5.41, 5.74) is 0. The van der Waals surface area contributed by atoms with Gasteiger partial charge in [-0.2, -0.15) is 0 Å². The molecule has 0 aromatic carbocycles. The standard InChI is InChI=1S/C7H14O6/c1-12-7-6(11)5(10)4(9)3(2-8)13-7/h3-11H,2H2,1H3/t3?,4-,5-,6?,7?/m1/s1. The molecule has 1 rings (SSSR count). The molecule has 0 aromatic rings. The summed E-state index contributed by atoms with van der Waals surface area (Å²) >= 11 is 0. The average molecular weight is 194 g/mol. The molecule has 3 unspecified atom stereocenters. The van der Waals surface area contributed by atoms with Crippen molar-refractivity contribution in [3.05, 3.63) is 0 Å². The van der Waals surface area contributed by atoms with Gasteiger partial charge in [-0.15, -0.1) is 0 Å². The predicted octanol–water partition coefficient (Wildman–Crippen LogP) is -2.57. The van der Waals surface area contributed by atoms with E-state index in [1.165, 1.54) is 7.11 Å². The number of hydrogen-bond acceptors (Lipinski definition) is 6. The zero-order chi connectivity index (χ0) is 10.0. The summed E-state index contributed by atoms with van der Waals surface area (Å²) in [6.45, 7) is -0.440. The molecule has 5 atom stereocenters. The van der Waals surface area contributed by atoms with Crippen LogP contribution in [0.25, 0.3) is 0 Å². The summed E-state index contributed by atoms with van der Waals surface area (Å²) < 4.78 is 9.65. The fourth-order valence-corrected chi connectivity index (χ4v) is 1.26. The van der Waals surface area contributed by atoms with Crippen LogP contribution in [0.5, 0.6) is 0 Å². The molecular formula is C7H14O6. The quantitative estimate of drug-likeness (QED) is 0.386. The molecule has 0 amide bonds. The molecule has 1 aliphatic heterocycles. The molecule has 78 valence electrons. The van der Waals surface area contributed by atoms with Crippen LogP contribution in [0.3, 0.4) is 0 Å². The number of rotatable bonds is 2. The highest BCUT2D eigenvalue weighted by atomic mass is 16.7. The Bertz CT molecular complexity index is 143. The second kappa shape index (κ2) is 4.32. The lowest BCUT2D eigenvalue weighted by Crippen LogP contribution is -2.58. The van der Waals surface area contributed by atoms with Crippen molar-refractivity contribution in [1.82, 2.24) is 0 Å². The SMILES string of the molecule is COC1OC(CO)[C@@H](O)[C@@H](O)C1O. The number of aliphatic hydroxyl groups excluding tert-OH is 4. The van der Waals surface area contributed by atoms with Gasteiger partial charge in [0, 0.05) is 7.11 Å². The van der Waals surface area contributed by atoms with Crippen molar-refractivity contribution in [1.29, 1.82) is 0 Å². The van der Waals surface area contributed by atoms with E-state index in [1.54, 1.807) is 0 Å². The first-order chi connectivity index (χ1) is 6.11. The molecule has 4 N–H and O–H groups in total. The van der Waals surface area contributed by atoms with E-state index >= 15 is 0 Å². The van der Waals surface area contributed by atoms with Gasteiger partial charge < -0.3 is 29.9 Å². The largest absolute Gasteiger partial charge is 0.394 e. The van der Waals surface area contributed by atoms with E-state index < -0.39 is 37.3 Å². The van der Waals surface area contributed by atoms with E-state index in [0.29, 0.717) is 0 Å². The smallest absolute Gasteiger partial charge is 0.186 e. The highest BCUT2D eigenvalue weighted by Crippen LogP contribution is 2.20. The van der Waals surface area contributed by atoms with Crippen LogP contribution in [0.4, 0.5) is 0 Å². The lowest BCUT2D eigenvalue weighted by Gasteiger charge is -2.38. The highest BCUT2D eigenvalue weighted by Gasteiger charge is 2.43. The Balaban J connectivity index is 2.66. The minimum atomic E-state index is -1.36. The molecule has 1 aliphatic rings. The summed E-state index contributed by atoms with van der Waals surface area (Å²) in [5.74, 6) is 0. The zero-order valence-corrected chi connectivity index (χ0v) is 7.20. The lowest BCUT2D eigenvalue weighted by atomic mass is 9.99. The van der Waals surface area contributed by atoms with Gasteiger partial charge in [-0.05, 0) is 0 Å². The molecule has 1 heterocycles. The van der Waals surface area contributed by atoms with Gasteiger partial charge in [0.25, 0.3) is 0 Å². The Kier molecular flexibility index (Phi) is 3.60. The molecule has 0 aliphatic carbocycles. The first-order valence-electron chi connectivity index (χ1n) is 3.95. The topological polar surface area (TPSA) is 99.4 Å². The van der Waals surface area contributed by atoms with Crippen LogP contribution in [-0.2, 0) is 9.47 Å². The van der Waals surface area contributed by atoms with Crippen LogP contribution in [0.15, 0.2) is 0 Å².